The third-order valence-corrected chi connectivity index (χ3v) is 5.52. The Bertz CT molecular complexity index is 565. The van der Waals surface area contributed by atoms with Gasteiger partial charge in [0, 0.05) is 28.6 Å². The van der Waals surface area contributed by atoms with E-state index in [-0.39, 0.29) is 29.8 Å². The van der Waals surface area contributed by atoms with Gasteiger partial charge in [0.1, 0.15) is 5.54 Å². The molecule has 2 rings (SSSR count). The van der Waals surface area contributed by atoms with Crippen molar-refractivity contribution in [2.24, 2.45) is 11.1 Å². The van der Waals surface area contributed by atoms with Crippen molar-refractivity contribution in [3.8, 4) is 0 Å². The number of amides is 1. The van der Waals surface area contributed by atoms with Crippen LogP contribution in [0.1, 0.15) is 32.8 Å². The first kappa shape index (κ1) is 19.4. The summed E-state index contributed by atoms with van der Waals surface area (Å²) in [5, 5.41) is 2.92. The van der Waals surface area contributed by atoms with Crippen LogP contribution in [0.15, 0.2) is 22.7 Å². The van der Waals surface area contributed by atoms with Gasteiger partial charge in [-0.15, -0.1) is 12.4 Å². The normalized spacial score (nSPS) is 25.8. The molecule has 0 aliphatic heterocycles. The molecule has 1 fully saturated rings. The van der Waals surface area contributed by atoms with Crippen LogP contribution in [0.4, 0.5) is 5.69 Å². The second-order valence-electron chi connectivity index (χ2n) is 6.26. The highest BCUT2D eigenvalue weighted by atomic mass is 79.9. The van der Waals surface area contributed by atoms with Crippen molar-refractivity contribution in [1.82, 2.24) is 0 Å². The van der Waals surface area contributed by atoms with E-state index < -0.39 is 5.54 Å². The average Bonchev–Trinajstić information content (AvgIpc) is 2.42. The molecular weight excluding hydrogens is 368 g/mol. The van der Waals surface area contributed by atoms with Crippen LogP contribution in [0.2, 0.25) is 0 Å². The van der Waals surface area contributed by atoms with Gasteiger partial charge < -0.3 is 15.8 Å². The molecule has 2 unspecified atom stereocenters. The summed E-state index contributed by atoms with van der Waals surface area (Å²) in [7, 11) is 0. The Hall–Kier alpha value is -0.620. The number of carbonyl (C=O) groups is 1. The standard InChI is InChI=1S/C16H23BrN2O2.ClH/c1-5-21-13-9-16(18,15(13,3)4)14(20)19-11-7-6-10(2)12(17)8-11;/h6-8,13H,5,9,18H2,1-4H3,(H,19,20);1H. The Morgan fingerprint density at radius 3 is 2.64 bits per heavy atom. The maximum absolute atomic E-state index is 12.6. The van der Waals surface area contributed by atoms with E-state index in [4.69, 9.17) is 10.5 Å². The van der Waals surface area contributed by atoms with Gasteiger partial charge in [-0.2, -0.15) is 0 Å². The predicted molar refractivity (Wildman–Crippen MR) is 95.5 cm³/mol. The van der Waals surface area contributed by atoms with Crippen LogP contribution >= 0.6 is 28.3 Å². The number of nitrogens with one attached hydrogen (secondary N) is 1. The monoisotopic (exact) mass is 390 g/mol. The average molecular weight is 392 g/mol. The molecule has 1 aromatic carbocycles. The van der Waals surface area contributed by atoms with Crippen molar-refractivity contribution in [2.75, 3.05) is 11.9 Å². The minimum absolute atomic E-state index is 0. The Morgan fingerprint density at radius 1 is 1.50 bits per heavy atom. The number of hydrogen-bond donors (Lipinski definition) is 2. The lowest BCUT2D eigenvalue weighted by atomic mass is 9.54. The van der Waals surface area contributed by atoms with Crippen molar-refractivity contribution in [2.45, 2.75) is 45.8 Å². The Morgan fingerprint density at radius 2 is 2.14 bits per heavy atom. The lowest BCUT2D eigenvalue weighted by Crippen LogP contribution is -2.74. The third-order valence-electron chi connectivity index (χ3n) is 4.66. The number of halogens is 2. The van der Waals surface area contributed by atoms with Gasteiger partial charge in [0.05, 0.1) is 6.10 Å². The fraction of sp³-hybridized carbons (Fsp3) is 0.562. The first-order chi connectivity index (χ1) is 9.72. The zero-order valence-electron chi connectivity index (χ0n) is 13.4. The van der Waals surface area contributed by atoms with Crippen LogP contribution in [-0.4, -0.2) is 24.2 Å². The largest absolute Gasteiger partial charge is 0.378 e. The third kappa shape index (κ3) is 3.18. The zero-order chi connectivity index (χ0) is 15.8. The van der Waals surface area contributed by atoms with E-state index in [1.165, 1.54) is 0 Å². The fourth-order valence-corrected chi connectivity index (χ4v) is 3.11. The van der Waals surface area contributed by atoms with Crippen molar-refractivity contribution in [1.29, 1.82) is 0 Å². The van der Waals surface area contributed by atoms with E-state index in [0.29, 0.717) is 13.0 Å². The van der Waals surface area contributed by atoms with Gasteiger partial charge in [0.25, 0.3) is 0 Å². The Labute approximate surface area is 146 Å². The molecule has 1 amide bonds. The van der Waals surface area contributed by atoms with E-state index in [9.17, 15) is 4.79 Å². The maximum atomic E-state index is 12.6. The fourth-order valence-electron chi connectivity index (χ4n) is 2.73. The van der Waals surface area contributed by atoms with Gasteiger partial charge >= 0.3 is 0 Å². The van der Waals surface area contributed by atoms with Crippen molar-refractivity contribution < 1.29 is 9.53 Å². The summed E-state index contributed by atoms with van der Waals surface area (Å²) in [6.45, 7) is 8.57. The molecule has 1 aliphatic rings. The van der Waals surface area contributed by atoms with Crippen LogP contribution in [0.3, 0.4) is 0 Å². The number of aryl methyl sites for hydroxylation is 1. The number of carbonyl (C=O) groups excluding carboxylic acids is 1. The van der Waals surface area contributed by atoms with Crippen LogP contribution in [0.25, 0.3) is 0 Å². The molecular formula is C16H24BrClN2O2. The molecule has 0 bridgehead atoms. The van der Waals surface area contributed by atoms with Crippen molar-refractivity contribution >= 4 is 39.9 Å². The maximum Gasteiger partial charge on any atom is 0.245 e. The van der Waals surface area contributed by atoms with Gasteiger partial charge in [0.15, 0.2) is 0 Å². The minimum atomic E-state index is -0.899. The van der Waals surface area contributed by atoms with E-state index in [0.717, 1.165) is 15.7 Å². The minimum Gasteiger partial charge on any atom is -0.378 e. The van der Waals surface area contributed by atoms with Gasteiger partial charge in [-0.05, 0) is 31.5 Å². The van der Waals surface area contributed by atoms with Crippen LogP contribution in [-0.2, 0) is 9.53 Å². The number of hydrogen-bond acceptors (Lipinski definition) is 3. The quantitative estimate of drug-likeness (QED) is 0.823. The Kier molecular flexibility index (Phi) is 6.07. The molecule has 124 valence electrons. The highest BCUT2D eigenvalue weighted by Crippen LogP contribution is 2.50. The van der Waals surface area contributed by atoms with E-state index >= 15 is 0 Å². The molecule has 1 aromatic rings. The number of nitrogens with two attached hydrogens (primary N) is 1. The molecule has 1 saturated carbocycles. The number of anilines is 1. The number of benzene rings is 1. The second kappa shape index (κ2) is 6.87. The summed E-state index contributed by atoms with van der Waals surface area (Å²) < 4.78 is 6.62. The topological polar surface area (TPSA) is 64.3 Å². The second-order valence-corrected chi connectivity index (χ2v) is 7.11. The highest BCUT2D eigenvalue weighted by Gasteiger charge is 2.62. The van der Waals surface area contributed by atoms with Gasteiger partial charge in [-0.25, -0.2) is 0 Å². The van der Waals surface area contributed by atoms with Crippen LogP contribution in [0.5, 0.6) is 0 Å². The van der Waals surface area contributed by atoms with E-state index in [1.54, 1.807) is 0 Å². The molecule has 22 heavy (non-hydrogen) atoms. The summed E-state index contributed by atoms with van der Waals surface area (Å²) in [6.07, 6.45) is 0.579. The van der Waals surface area contributed by atoms with E-state index in [2.05, 4.69) is 21.2 Å². The molecule has 0 saturated heterocycles. The zero-order valence-corrected chi connectivity index (χ0v) is 15.8. The van der Waals surface area contributed by atoms with Crippen molar-refractivity contribution in [3.05, 3.63) is 28.2 Å². The van der Waals surface area contributed by atoms with Crippen LogP contribution < -0.4 is 11.1 Å². The predicted octanol–water partition coefficient (Wildman–Crippen LogP) is 3.65. The molecule has 0 aromatic heterocycles. The number of ether oxygens (including phenoxy) is 1. The molecule has 0 spiro atoms. The summed E-state index contributed by atoms with van der Waals surface area (Å²) in [4.78, 5) is 12.6. The molecule has 4 nitrogen and oxygen atoms in total. The van der Waals surface area contributed by atoms with Gasteiger partial charge in [-0.3, -0.25) is 4.79 Å². The number of rotatable bonds is 4. The van der Waals surface area contributed by atoms with Crippen LogP contribution in [0, 0.1) is 12.3 Å². The van der Waals surface area contributed by atoms with Gasteiger partial charge in [0.2, 0.25) is 5.91 Å². The molecule has 3 N–H and O–H groups in total. The molecule has 0 heterocycles. The lowest BCUT2D eigenvalue weighted by molar-refractivity contribution is -0.166. The smallest absolute Gasteiger partial charge is 0.245 e. The summed E-state index contributed by atoms with van der Waals surface area (Å²) in [5.41, 5.74) is 6.95. The first-order valence-corrected chi connectivity index (χ1v) is 7.99. The van der Waals surface area contributed by atoms with E-state index in [1.807, 2.05) is 45.9 Å². The summed E-state index contributed by atoms with van der Waals surface area (Å²) in [5.74, 6) is -0.154. The first-order valence-electron chi connectivity index (χ1n) is 7.20. The highest BCUT2D eigenvalue weighted by molar-refractivity contribution is 9.10. The molecule has 6 heteroatoms. The Balaban J connectivity index is 0.00000242. The van der Waals surface area contributed by atoms with Gasteiger partial charge in [-0.1, -0.05) is 35.8 Å². The lowest BCUT2D eigenvalue weighted by Gasteiger charge is -2.57. The molecule has 2 atom stereocenters. The summed E-state index contributed by atoms with van der Waals surface area (Å²) >= 11 is 3.47. The molecule has 1 aliphatic carbocycles. The summed E-state index contributed by atoms with van der Waals surface area (Å²) in [6, 6.07) is 5.73. The van der Waals surface area contributed by atoms with Crippen molar-refractivity contribution in [3.63, 3.8) is 0 Å². The molecule has 0 radical (unpaired) electrons. The SMILES string of the molecule is CCOC1CC(N)(C(=O)Nc2ccc(C)c(Br)c2)C1(C)C.Cl.